The summed E-state index contributed by atoms with van der Waals surface area (Å²) in [5, 5.41) is 3.11. The maximum atomic E-state index is 12.8. The summed E-state index contributed by atoms with van der Waals surface area (Å²) in [6, 6.07) is 9.89. The number of rotatable bonds is 7. The van der Waals surface area contributed by atoms with E-state index >= 15 is 0 Å². The van der Waals surface area contributed by atoms with Crippen LogP contribution in [0, 0.1) is 6.92 Å². The molecule has 0 fully saturated rings. The van der Waals surface area contributed by atoms with Crippen molar-refractivity contribution in [1.82, 2.24) is 14.5 Å². The van der Waals surface area contributed by atoms with Gasteiger partial charge in [-0.2, -0.15) is 0 Å². The molecule has 8 heteroatoms. The number of thiazole rings is 1. The molecule has 0 unspecified atom stereocenters. The average molecular weight is 416 g/mol. The molecular weight excluding hydrogens is 394 g/mol. The van der Waals surface area contributed by atoms with E-state index < -0.39 is 5.97 Å². The topological polar surface area (TPSA) is 74.1 Å². The summed E-state index contributed by atoms with van der Waals surface area (Å²) in [5.74, 6) is 0.114. The standard InChI is InChI=1S/C20H21N3O3S2/c1-4-26-19(25)16-11-27-17(22-16)12-28-20-21-13(2)15(18(24)23(20)3)10-14-8-6-5-7-9-14/h5-9,11H,4,10,12H2,1-3H3. The molecule has 0 spiro atoms. The lowest BCUT2D eigenvalue weighted by molar-refractivity contribution is 0.0520. The SMILES string of the molecule is CCOC(=O)c1csc(CSc2nc(C)c(Cc3ccccc3)c(=O)n2C)n1. The summed E-state index contributed by atoms with van der Waals surface area (Å²) in [7, 11) is 1.73. The molecule has 0 saturated heterocycles. The summed E-state index contributed by atoms with van der Waals surface area (Å²) in [5.41, 5.74) is 2.81. The molecule has 3 aromatic rings. The first kappa shape index (κ1) is 20.3. The van der Waals surface area contributed by atoms with Gasteiger partial charge >= 0.3 is 5.97 Å². The number of esters is 1. The van der Waals surface area contributed by atoms with Crippen molar-refractivity contribution in [2.45, 2.75) is 31.2 Å². The zero-order chi connectivity index (χ0) is 20.1. The Kier molecular flexibility index (Phi) is 6.64. The molecule has 0 aliphatic carbocycles. The molecule has 1 aromatic carbocycles. The van der Waals surface area contributed by atoms with Crippen LogP contribution in [-0.4, -0.2) is 27.1 Å². The van der Waals surface area contributed by atoms with E-state index in [1.165, 1.54) is 23.1 Å². The summed E-state index contributed by atoms with van der Waals surface area (Å²) in [4.78, 5) is 33.5. The van der Waals surface area contributed by atoms with Gasteiger partial charge < -0.3 is 4.74 Å². The smallest absolute Gasteiger partial charge is 0.357 e. The molecular formula is C20H21N3O3S2. The Morgan fingerprint density at radius 2 is 2.00 bits per heavy atom. The highest BCUT2D eigenvalue weighted by Crippen LogP contribution is 2.23. The Bertz CT molecular complexity index is 1030. The van der Waals surface area contributed by atoms with Crippen LogP contribution in [0.3, 0.4) is 0 Å². The molecule has 2 aromatic heterocycles. The van der Waals surface area contributed by atoms with Gasteiger partial charge in [-0.1, -0.05) is 42.1 Å². The normalized spacial score (nSPS) is 10.8. The number of ether oxygens (including phenoxy) is 1. The van der Waals surface area contributed by atoms with Crippen molar-refractivity contribution in [3.05, 3.63) is 73.6 Å². The van der Waals surface area contributed by atoms with Gasteiger partial charge in [-0.05, 0) is 19.4 Å². The van der Waals surface area contributed by atoms with Crippen LogP contribution < -0.4 is 5.56 Å². The van der Waals surface area contributed by atoms with E-state index in [-0.39, 0.29) is 5.56 Å². The number of thioether (sulfide) groups is 1. The number of aryl methyl sites for hydroxylation is 1. The third-order valence-electron chi connectivity index (χ3n) is 4.13. The molecule has 0 radical (unpaired) electrons. The molecule has 0 bridgehead atoms. The Morgan fingerprint density at radius 1 is 1.25 bits per heavy atom. The first-order valence-electron chi connectivity index (χ1n) is 8.84. The monoisotopic (exact) mass is 415 g/mol. The van der Waals surface area contributed by atoms with Gasteiger partial charge in [-0.15, -0.1) is 11.3 Å². The lowest BCUT2D eigenvalue weighted by Gasteiger charge is -2.11. The summed E-state index contributed by atoms with van der Waals surface area (Å²) in [6.07, 6.45) is 0.562. The minimum absolute atomic E-state index is 0.0368. The van der Waals surface area contributed by atoms with Crippen molar-refractivity contribution in [3.63, 3.8) is 0 Å². The van der Waals surface area contributed by atoms with Crippen LogP contribution in [0.1, 0.15) is 39.2 Å². The Labute approximate surface area is 171 Å². The molecule has 0 aliphatic rings. The van der Waals surface area contributed by atoms with Gasteiger partial charge in [0, 0.05) is 30.1 Å². The minimum Gasteiger partial charge on any atom is -0.461 e. The Balaban J connectivity index is 1.75. The van der Waals surface area contributed by atoms with Crippen molar-refractivity contribution in [2.75, 3.05) is 6.61 Å². The molecule has 146 valence electrons. The van der Waals surface area contributed by atoms with Crippen LogP contribution in [0.2, 0.25) is 0 Å². The van der Waals surface area contributed by atoms with Gasteiger partial charge in [0.15, 0.2) is 10.9 Å². The second kappa shape index (κ2) is 9.16. The predicted octanol–water partition coefficient (Wildman–Crippen LogP) is 3.61. The Hall–Kier alpha value is -2.45. The lowest BCUT2D eigenvalue weighted by Crippen LogP contribution is -2.25. The third kappa shape index (κ3) is 4.69. The fourth-order valence-corrected chi connectivity index (χ4v) is 4.46. The van der Waals surface area contributed by atoms with E-state index in [1.807, 2.05) is 37.3 Å². The summed E-state index contributed by atoms with van der Waals surface area (Å²) < 4.78 is 6.54. The number of carbonyl (C=O) groups excluding carboxylic acids is 1. The molecule has 0 aliphatic heterocycles. The van der Waals surface area contributed by atoms with Crippen LogP contribution in [0.4, 0.5) is 0 Å². The van der Waals surface area contributed by atoms with Crippen molar-refractivity contribution in [2.24, 2.45) is 7.05 Å². The van der Waals surface area contributed by atoms with E-state index in [0.717, 1.165) is 16.3 Å². The third-order valence-corrected chi connectivity index (χ3v) is 6.21. The zero-order valence-electron chi connectivity index (χ0n) is 16.0. The van der Waals surface area contributed by atoms with E-state index in [9.17, 15) is 9.59 Å². The summed E-state index contributed by atoms with van der Waals surface area (Å²) in [6.45, 7) is 3.95. The largest absolute Gasteiger partial charge is 0.461 e. The van der Waals surface area contributed by atoms with Crippen molar-refractivity contribution < 1.29 is 9.53 Å². The van der Waals surface area contributed by atoms with Crippen molar-refractivity contribution in [3.8, 4) is 0 Å². The van der Waals surface area contributed by atoms with Gasteiger partial charge in [0.25, 0.3) is 5.56 Å². The number of benzene rings is 1. The maximum absolute atomic E-state index is 12.8. The minimum atomic E-state index is -0.415. The molecule has 0 N–H and O–H groups in total. The fourth-order valence-electron chi connectivity index (χ4n) is 2.66. The second-order valence-corrected chi connectivity index (χ2v) is 8.01. The van der Waals surface area contributed by atoms with Gasteiger partial charge in [0.1, 0.15) is 5.01 Å². The highest BCUT2D eigenvalue weighted by atomic mass is 32.2. The van der Waals surface area contributed by atoms with Crippen LogP contribution >= 0.6 is 23.1 Å². The number of aromatic nitrogens is 3. The molecule has 2 heterocycles. The van der Waals surface area contributed by atoms with Gasteiger partial charge in [-0.3, -0.25) is 9.36 Å². The molecule has 3 rings (SSSR count). The van der Waals surface area contributed by atoms with Crippen LogP contribution in [0.15, 0.2) is 45.7 Å². The zero-order valence-corrected chi connectivity index (χ0v) is 17.6. The lowest BCUT2D eigenvalue weighted by atomic mass is 10.1. The van der Waals surface area contributed by atoms with E-state index in [0.29, 0.717) is 35.2 Å². The average Bonchev–Trinajstić information content (AvgIpc) is 3.17. The molecule has 0 saturated carbocycles. The van der Waals surface area contributed by atoms with Gasteiger partial charge in [0.2, 0.25) is 0 Å². The Morgan fingerprint density at radius 3 is 2.71 bits per heavy atom. The number of hydrogen-bond acceptors (Lipinski definition) is 7. The van der Waals surface area contributed by atoms with Crippen molar-refractivity contribution in [1.29, 1.82) is 0 Å². The quantitative estimate of drug-likeness (QED) is 0.333. The second-order valence-electron chi connectivity index (χ2n) is 6.12. The number of nitrogens with zero attached hydrogens (tertiary/aromatic N) is 3. The van der Waals surface area contributed by atoms with Crippen molar-refractivity contribution >= 4 is 29.1 Å². The van der Waals surface area contributed by atoms with Gasteiger partial charge in [0.05, 0.1) is 12.4 Å². The molecule has 28 heavy (non-hydrogen) atoms. The maximum Gasteiger partial charge on any atom is 0.357 e. The van der Waals surface area contributed by atoms with Crippen LogP contribution in [0.25, 0.3) is 0 Å². The van der Waals surface area contributed by atoms with E-state index in [2.05, 4.69) is 9.97 Å². The van der Waals surface area contributed by atoms with E-state index in [4.69, 9.17) is 4.74 Å². The number of hydrogen-bond donors (Lipinski definition) is 0. The highest BCUT2D eigenvalue weighted by molar-refractivity contribution is 7.98. The summed E-state index contributed by atoms with van der Waals surface area (Å²) >= 11 is 2.82. The molecule has 0 atom stereocenters. The van der Waals surface area contributed by atoms with Crippen LogP contribution in [-0.2, 0) is 24.0 Å². The highest BCUT2D eigenvalue weighted by Gasteiger charge is 2.15. The number of carbonyl (C=O) groups is 1. The van der Waals surface area contributed by atoms with Crippen LogP contribution in [0.5, 0.6) is 0 Å². The predicted molar refractivity (Wildman–Crippen MR) is 111 cm³/mol. The van der Waals surface area contributed by atoms with Gasteiger partial charge in [-0.25, -0.2) is 14.8 Å². The molecule has 6 nitrogen and oxygen atoms in total. The first-order chi connectivity index (χ1) is 13.5. The fraction of sp³-hybridized carbons (Fsp3) is 0.300. The first-order valence-corrected chi connectivity index (χ1v) is 10.7. The van der Waals surface area contributed by atoms with E-state index in [1.54, 1.807) is 23.9 Å². The molecule has 0 amide bonds.